The fraction of sp³-hybridized carbons (Fsp3) is 0.143. The van der Waals surface area contributed by atoms with E-state index in [1.165, 1.54) is 12.1 Å². The normalized spacial score (nSPS) is 11.2. The number of anilines is 1. The summed E-state index contributed by atoms with van der Waals surface area (Å²) in [4.78, 5) is 0.208. The maximum Gasteiger partial charge on any atom is 0.240 e. The van der Waals surface area contributed by atoms with Crippen molar-refractivity contribution in [3.8, 4) is 11.5 Å². The van der Waals surface area contributed by atoms with E-state index in [-0.39, 0.29) is 4.90 Å². The molecule has 5 nitrogen and oxygen atoms in total. The average Bonchev–Trinajstić information content (AvgIpc) is 2.39. The molecule has 6 heteroatoms. The monoisotopic (exact) mass is 292 g/mol. The maximum atomic E-state index is 11.8. The fourth-order valence-corrected chi connectivity index (χ4v) is 2.72. The van der Waals surface area contributed by atoms with Gasteiger partial charge in [-0.05, 0) is 36.4 Å². The minimum Gasteiger partial charge on any atom is -0.457 e. The quantitative estimate of drug-likeness (QED) is 0.829. The van der Waals surface area contributed by atoms with Crippen LogP contribution in [-0.4, -0.2) is 15.0 Å². The summed E-state index contributed by atoms with van der Waals surface area (Å²) in [6, 6.07) is 13.2. The summed E-state index contributed by atoms with van der Waals surface area (Å²) in [6.45, 7) is 2.08. The molecule has 0 aliphatic heterocycles. The van der Waals surface area contributed by atoms with Gasteiger partial charge in [0, 0.05) is 18.3 Å². The van der Waals surface area contributed by atoms with Crippen LogP contribution in [0.15, 0.2) is 53.4 Å². The zero-order valence-corrected chi connectivity index (χ0v) is 11.9. The number of nitrogens with one attached hydrogen (secondary N) is 1. The molecule has 0 heterocycles. The molecule has 20 heavy (non-hydrogen) atoms. The summed E-state index contributed by atoms with van der Waals surface area (Å²) >= 11 is 0. The van der Waals surface area contributed by atoms with E-state index in [0.29, 0.717) is 23.7 Å². The number of benzene rings is 2. The lowest BCUT2D eigenvalue weighted by Crippen LogP contribution is -2.22. The first-order valence-electron chi connectivity index (χ1n) is 6.14. The molecular weight excluding hydrogens is 276 g/mol. The minimum atomic E-state index is -3.43. The van der Waals surface area contributed by atoms with Gasteiger partial charge in [0.15, 0.2) is 0 Å². The van der Waals surface area contributed by atoms with E-state index in [1.807, 2.05) is 0 Å². The highest BCUT2D eigenvalue weighted by Crippen LogP contribution is 2.24. The van der Waals surface area contributed by atoms with Crippen molar-refractivity contribution in [1.29, 1.82) is 0 Å². The van der Waals surface area contributed by atoms with Gasteiger partial charge in [-0.3, -0.25) is 0 Å². The summed E-state index contributed by atoms with van der Waals surface area (Å²) in [5, 5.41) is 0. The van der Waals surface area contributed by atoms with Gasteiger partial charge in [-0.1, -0.05) is 13.0 Å². The van der Waals surface area contributed by atoms with Crippen molar-refractivity contribution in [2.75, 3.05) is 12.3 Å². The van der Waals surface area contributed by atoms with Crippen LogP contribution in [0.5, 0.6) is 11.5 Å². The molecule has 0 radical (unpaired) electrons. The molecule has 2 rings (SSSR count). The first-order chi connectivity index (χ1) is 9.51. The summed E-state index contributed by atoms with van der Waals surface area (Å²) in [7, 11) is -3.43. The van der Waals surface area contributed by atoms with Gasteiger partial charge in [0.1, 0.15) is 11.5 Å². The summed E-state index contributed by atoms with van der Waals surface area (Å²) in [5.74, 6) is 1.15. The Kier molecular flexibility index (Phi) is 4.26. The number of hydrogen-bond acceptors (Lipinski definition) is 4. The predicted octanol–water partition coefficient (Wildman–Crippen LogP) is 2.36. The van der Waals surface area contributed by atoms with E-state index < -0.39 is 10.0 Å². The van der Waals surface area contributed by atoms with Gasteiger partial charge < -0.3 is 10.5 Å². The Bertz CT molecular complexity index is 682. The highest BCUT2D eigenvalue weighted by Gasteiger charge is 2.12. The van der Waals surface area contributed by atoms with E-state index in [0.717, 1.165) is 0 Å². The lowest BCUT2D eigenvalue weighted by Gasteiger charge is -2.08. The highest BCUT2D eigenvalue weighted by atomic mass is 32.2. The minimum absolute atomic E-state index is 0.208. The predicted molar refractivity (Wildman–Crippen MR) is 78.2 cm³/mol. The van der Waals surface area contributed by atoms with Crippen LogP contribution >= 0.6 is 0 Å². The van der Waals surface area contributed by atoms with Crippen LogP contribution in [0.4, 0.5) is 5.69 Å². The smallest absolute Gasteiger partial charge is 0.240 e. The van der Waals surface area contributed by atoms with Crippen molar-refractivity contribution < 1.29 is 13.2 Å². The molecule has 2 aromatic carbocycles. The Morgan fingerprint density at radius 1 is 1.10 bits per heavy atom. The second-order valence-electron chi connectivity index (χ2n) is 4.15. The lowest BCUT2D eigenvalue weighted by atomic mass is 10.3. The van der Waals surface area contributed by atoms with Gasteiger partial charge >= 0.3 is 0 Å². The third kappa shape index (κ3) is 3.49. The maximum absolute atomic E-state index is 11.8. The van der Waals surface area contributed by atoms with Crippen LogP contribution in [0.1, 0.15) is 6.92 Å². The Balaban J connectivity index is 2.17. The Hall–Kier alpha value is -2.05. The molecule has 0 aromatic heterocycles. The molecule has 106 valence electrons. The zero-order chi connectivity index (χ0) is 14.6. The third-order valence-corrected chi connectivity index (χ3v) is 4.12. The van der Waals surface area contributed by atoms with E-state index in [2.05, 4.69) is 4.72 Å². The van der Waals surface area contributed by atoms with E-state index in [9.17, 15) is 8.42 Å². The first kappa shape index (κ1) is 14.4. The summed E-state index contributed by atoms with van der Waals surface area (Å²) < 4.78 is 31.6. The Morgan fingerprint density at radius 2 is 1.80 bits per heavy atom. The van der Waals surface area contributed by atoms with Crippen LogP contribution in [0, 0.1) is 0 Å². The average molecular weight is 292 g/mol. The molecule has 0 saturated carbocycles. The molecule has 0 amide bonds. The van der Waals surface area contributed by atoms with Crippen LogP contribution in [0.2, 0.25) is 0 Å². The van der Waals surface area contributed by atoms with Gasteiger partial charge in [-0.15, -0.1) is 0 Å². The van der Waals surface area contributed by atoms with Gasteiger partial charge in [0.2, 0.25) is 10.0 Å². The summed E-state index contributed by atoms with van der Waals surface area (Å²) in [6.07, 6.45) is 0. The standard InChI is InChI=1S/C14H16N2O3S/c1-2-16-20(17,18)14-8-6-12(7-9-14)19-13-5-3-4-11(15)10-13/h3-10,16H,2,15H2,1H3. The van der Waals surface area contributed by atoms with Gasteiger partial charge in [0.05, 0.1) is 4.90 Å². The second-order valence-corrected chi connectivity index (χ2v) is 5.91. The van der Waals surface area contributed by atoms with Crippen LogP contribution in [0.25, 0.3) is 0 Å². The van der Waals surface area contributed by atoms with Gasteiger partial charge in [0.25, 0.3) is 0 Å². The van der Waals surface area contributed by atoms with Crippen molar-refractivity contribution in [2.45, 2.75) is 11.8 Å². The lowest BCUT2D eigenvalue weighted by molar-refractivity contribution is 0.482. The molecule has 0 saturated heterocycles. The van der Waals surface area contributed by atoms with Crippen molar-refractivity contribution in [3.05, 3.63) is 48.5 Å². The van der Waals surface area contributed by atoms with Gasteiger partial charge in [-0.2, -0.15) is 0 Å². The van der Waals surface area contributed by atoms with Crippen molar-refractivity contribution in [2.24, 2.45) is 0 Å². The number of ether oxygens (including phenoxy) is 1. The van der Waals surface area contributed by atoms with Crippen molar-refractivity contribution in [1.82, 2.24) is 4.72 Å². The van der Waals surface area contributed by atoms with Crippen LogP contribution < -0.4 is 15.2 Å². The third-order valence-electron chi connectivity index (χ3n) is 2.56. The second kappa shape index (κ2) is 5.94. The zero-order valence-electron chi connectivity index (χ0n) is 11.0. The number of nitrogen functional groups attached to an aromatic ring is 1. The molecule has 3 N–H and O–H groups in total. The molecule has 0 fully saturated rings. The van der Waals surface area contributed by atoms with Crippen LogP contribution in [-0.2, 0) is 10.0 Å². The Labute approximate surface area is 118 Å². The molecule has 0 aliphatic carbocycles. The van der Waals surface area contributed by atoms with E-state index in [4.69, 9.17) is 10.5 Å². The van der Waals surface area contributed by atoms with Crippen molar-refractivity contribution >= 4 is 15.7 Å². The molecule has 0 unspecified atom stereocenters. The molecular formula is C14H16N2O3S. The number of rotatable bonds is 5. The fourth-order valence-electron chi connectivity index (χ4n) is 1.67. The number of nitrogens with two attached hydrogens (primary N) is 1. The highest BCUT2D eigenvalue weighted by molar-refractivity contribution is 7.89. The molecule has 0 bridgehead atoms. The van der Waals surface area contributed by atoms with E-state index in [1.54, 1.807) is 43.3 Å². The number of sulfonamides is 1. The van der Waals surface area contributed by atoms with Crippen LogP contribution in [0.3, 0.4) is 0 Å². The molecule has 0 aliphatic rings. The SMILES string of the molecule is CCNS(=O)(=O)c1ccc(Oc2cccc(N)c2)cc1. The Morgan fingerprint density at radius 3 is 2.40 bits per heavy atom. The van der Waals surface area contributed by atoms with Gasteiger partial charge in [-0.25, -0.2) is 13.1 Å². The molecule has 0 atom stereocenters. The topological polar surface area (TPSA) is 81.4 Å². The summed E-state index contributed by atoms with van der Waals surface area (Å²) in [5.41, 5.74) is 6.26. The molecule has 0 spiro atoms. The molecule has 2 aromatic rings. The van der Waals surface area contributed by atoms with Crippen molar-refractivity contribution in [3.63, 3.8) is 0 Å². The first-order valence-corrected chi connectivity index (χ1v) is 7.63. The largest absolute Gasteiger partial charge is 0.457 e. The van der Waals surface area contributed by atoms with E-state index >= 15 is 0 Å². The number of hydrogen-bond donors (Lipinski definition) is 2.